The molecule has 0 aliphatic heterocycles. The molecule has 0 aliphatic rings. The Labute approximate surface area is 111 Å². The van der Waals surface area contributed by atoms with Gasteiger partial charge in [-0.05, 0) is 22.0 Å². The van der Waals surface area contributed by atoms with Gasteiger partial charge in [-0.3, -0.25) is 4.79 Å². The monoisotopic (exact) mass is 310 g/mol. The molecular formula is C12H11BrN2O3. The number of aromatic amines is 1. The number of para-hydroxylation sites is 1. The zero-order chi connectivity index (χ0) is 13.3. The highest BCUT2D eigenvalue weighted by Gasteiger charge is 2.24. The summed E-state index contributed by atoms with van der Waals surface area (Å²) in [5, 5.41) is 12.4. The van der Waals surface area contributed by atoms with Crippen LogP contribution in [0.2, 0.25) is 0 Å². The normalized spacial score (nSPS) is 12.3. The number of carboxylic acid groups (broad SMARTS) is 1. The van der Waals surface area contributed by atoms with Crippen molar-refractivity contribution < 1.29 is 14.7 Å². The molecule has 18 heavy (non-hydrogen) atoms. The zero-order valence-corrected chi connectivity index (χ0v) is 11.1. The van der Waals surface area contributed by atoms with Gasteiger partial charge < -0.3 is 15.4 Å². The van der Waals surface area contributed by atoms with E-state index in [1.807, 2.05) is 18.2 Å². The predicted molar refractivity (Wildman–Crippen MR) is 70.2 cm³/mol. The van der Waals surface area contributed by atoms with Gasteiger partial charge >= 0.3 is 5.97 Å². The van der Waals surface area contributed by atoms with E-state index < -0.39 is 12.0 Å². The Balaban J connectivity index is 2.54. The Kier molecular flexibility index (Phi) is 3.38. The number of nitrogens with one attached hydrogen (secondary N) is 2. The van der Waals surface area contributed by atoms with Crippen LogP contribution in [0.25, 0.3) is 10.9 Å². The molecule has 0 saturated heterocycles. The molecule has 1 heterocycles. The Morgan fingerprint density at radius 3 is 2.78 bits per heavy atom. The smallest absolute Gasteiger partial charge is 0.330 e. The number of hydrogen-bond donors (Lipinski definition) is 3. The number of aromatic nitrogens is 1. The number of aliphatic carboxylic acids is 1. The van der Waals surface area contributed by atoms with Gasteiger partial charge in [0.05, 0.1) is 5.52 Å². The average molecular weight is 311 g/mol. The fraction of sp³-hybridized carbons (Fsp3) is 0.167. The lowest BCUT2D eigenvalue weighted by molar-refractivity contribution is -0.141. The van der Waals surface area contributed by atoms with Crippen molar-refractivity contribution in [1.82, 2.24) is 10.3 Å². The maximum absolute atomic E-state index is 11.2. The molecule has 1 amide bonds. The number of halogens is 1. The molecule has 1 aromatic heterocycles. The highest BCUT2D eigenvalue weighted by Crippen LogP contribution is 2.29. The summed E-state index contributed by atoms with van der Waals surface area (Å²) in [5.41, 5.74) is 1.35. The summed E-state index contributed by atoms with van der Waals surface area (Å²) in [6.45, 7) is 1.29. The van der Waals surface area contributed by atoms with Crippen LogP contribution in [0.4, 0.5) is 0 Å². The second-order valence-corrected chi connectivity index (χ2v) is 4.73. The van der Waals surface area contributed by atoms with E-state index in [2.05, 4.69) is 26.2 Å². The van der Waals surface area contributed by atoms with Crippen molar-refractivity contribution in [2.45, 2.75) is 13.0 Å². The van der Waals surface area contributed by atoms with Gasteiger partial charge in [-0.15, -0.1) is 0 Å². The molecule has 0 unspecified atom stereocenters. The third kappa shape index (κ3) is 2.24. The van der Waals surface area contributed by atoms with Gasteiger partial charge in [0.1, 0.15) is 0 Å². The minimum atomic E-state index is -1.09. The molecule has 3 N–H and O–H groups in total. The quantitative estimate of drug-likeness (QED) is 0.812. The van der Waals surface area contributed by atoms with E-state index in [1.165, 1.54) is 6.92 Å². The third-order valence-electron chi connectivity index (χ3n) is 2.60. The van der Waals surface area contributed by atoms with Crippen LogP contribution >= 0.6 is 15.9 Å². The molecule has 0 aliphatic carbocycles. The van der Waals surface area contributed by atoms with E-state index in [0.717, 1.165) is 15.4 Å². The standard InChI is InChI=1S/C12H11BrN2O3/c1-6(16)15-11(12(17)18)8-5-14-10-7(8)3-2-4-9(10)13/h2-5,11,14H,1H3,(H,15,16)(H,17,18)/t11-/m0/s1. The first-order valence-electron chi connectivity index (χ1n) is 5.26. The van der Waals surface area contributed by atoms with E-state index >= 15 is 0 Å². The molecule has 0 saturated carbocycles. The summed E-state index contributed by atoms with van der Waals surface area (Å²) < 4.78 is 0.846. The highest BCUT2D eigenvalue weighted by atomic mass is 79.9. The van der Waals surface area contributed by atoms with Crippen LogP contribution in [0, 0.1) is 0 Å². The number of amides is 1. The van der Waals surface area contributed by atoms with Crippen LogP contribution < -0.4 is 5.32 Å². The summed E-state index contributed by atoms with van der Waals surface area (Å²) in [5.74, 6) is -1.47. The molecule has 1 aromatic carbocycles. The van der Waals surface area contributed by atoms with Crippen molar-refractivity contribution in [2.75, 3.05) is 0 Å². The molecule has 5 nitrogen and oxygen atoms in total. The van der Waals surface area contributed by atoms with Crippen molar-refractivity contribution in [3.05, 3.63) is 34.4 Å². The minimum absolute atomic E-state index is 0.383. The number of carbonyl (C=O) groups excluding carboxylic acids is 1. The van der Waals surface area contributed by atoms with Crippen molar-refractivity contribution >= 4 is 38.7 Å². The van der Waals surface area contributed by atoms with Gasteiger partial charge in [0.2, 0.25) is 5.91 Å². The molecule has 0 spiro atoms. The average Bonchev–Trinajstić information content (AvgIpc) is 2.70. The van der Waals surface area contributed by atoms with E-state index in [1.54, 1.807) is 6.20 Å². The fourth-order valence-corrected chi connectivity index (χ4v) is 2.33. The maximum atomic E-state index is 11.2. The van der Waals surface area contributed by atoms with Crippen LogP contribution in [0.3, 0.4) is 0 Å². The molecule has 2 rings (SSSR count). The number of rotatable bonds is 3. The van der Waals surface area contributed by atoms with Crippen LogP contribution in [0.15, 0.2) is 28.9 Å². The van der Waals surface area contributed by atoms with Gasteiger partial charge in [0, 0.05) is 28.5 Å². The Morgan fingerprint density at radius 1 is 1.44 bits per heavy atom. The SMILES string of the molecule is CC(=O)N[C@H](C(=O)O)c1c[nH]c2c(Br)cccc12. The van der Waals surface area contributed by atoms with Crippen LogP contribution in [0.1, 0.15) is 18.5 Å². The van der Waals surface area contributed by atoms with Crippen molar-refractivity contribution in [3.63, 3.8) is 0 Å². The first-order valence-corrected chi connectivity index (χ1v) is 6.05. The molecular weight excluding hydrogens is 300 g/mol. The maximum Gasteiger partial charge on any atom is 0.330 e. The molecule has 0 radical (unpaired) electrons. The second kappa shape index (κ2) is 4.81. The summed E-state index contributed by atoms with van der Waals surface area (Å²) in [7, 11) is 0. The number of fused-ring (bicyclic) bond motifs is 1. The van der Waals surface area contributed by atoms with Gasteiger partial charge in [-0.2, -0.15) is 0 Å². The Hall–Kier alpha value is -1.82. The van der Waals surface area contributed by atoms with Crippen LogP contribution in [0.5, 0.6) is 0 Å². The lowest BCUT2D eigenvalue weighted by Crippen LogP contribution is -2.31. The molecule has 1 atom stereocenters. The Morgan fingerprint density at radius 2 is 2.17 bits per heavy atom. The van der Waals surface area contributed by atoms with Gasteiger partial charge in [-0.1, -0.05) is 12.1 Å². The zero-order valence-electron chi connectivity index (χ0n) is 9.53. The van der Waals surface area contributed by atoms with Crippen molar-refractivity contribution in [3.8, 4) is 0 Å². The van der Waals surface area contributed by atoms with Gasteiger partial charge in [0.15, 0.2) is 6.04 Å². The summed E-state index contributed by atoms with van der Waals surface area (Å²) in [6.07, 6.45) is 1.60. The fourth-order valence-electron chi connectivity index (χ4n) is 1.85. The van der Waals surface area contributed by atoms with Gasteiger partial charge in [0.25, 0.3) is 0 Å². The summed E-state index contributed by atoms with van der Waals surface area (Å²) in [4.78, 5) is 25.3. The largest absolute Gasteiger partial charge is 0.479 e. The number of H-pyrrole nitrogens is 1. The number of benzene rings is 1. The van der Waals surface area contributed by atoms with E-state index in [-0.39, 0.29) is 5.91 Å². The lowest BCUT2D eigenvalue weighted by Gasteiger charge is -2.12. The van der Waals surface area contributed by atoms with E-state index in [0.29, 0.717) is 5.56 Å². The van der Waals surface area contributed by atoms with Crippen LogP contribution in [-0.2, 0) is 9.59 Å². The first-order chi connectivity index (χ1) is 8.50. The number of carboxylic acids is 1. The van der Waals surface area contributed by atoms with Crippen molar-refractivity contribution in [2.24, 2.45) is 0 Å². The summed E-state index contributed by atoms with van der Waals surface area (Å²) in [6, 6.07) is 4.43. The summed E-state index contributed by atoms with van der Waals surface area (Å²) >= 11 is 3.38. The highest BCUT2D eigenvalue weighted by molar-refractivity contribution is 9.10. The Bertz CT molecular complexity index is 621. The molecule has 0 fully saturated rings. The molecule has 94 valence electrons. The number of carbonyl (C=O) groups is 2. The third-order valence-corrected chi connectivity index (χ3v) is 3.26. The van der Waals surface area contributed by atoms with E-state index in [4.69, 9.17) is 0 Å². The molecule has 6 heteroatoms. The van der Waals surface area contributed by atoms with E-state index in [9.17, 15) is 14.7 Å². The lowest BCUT2D eigenvalue weighted by atomic mass is 10.1. The van der Waals surface area contributed by atoms with Gasteiger partial charge in [-0.25, -0.2) is 4.79 Å². The second-order valence-electron chi connectivity index (χ2n) is 3.88. The van der Waals surface area contributed by atoms with Crippen LogP contribution in [-0.4, -0.2) is 22.0 Å². The molecule has 2 aromatic rings. The molecule has 0 bridgehead atoms. The topological polar surface area (TPSA) is 82.2 Å². The van der Waals surface area contributed by atoms with Crippen molar-refractivity contribution in [1.29, 1.82) is 0 Å². The predicted octanol–water partition coefficient (Wildman–Crippen LogP) is 2.19. The number of hydrogen-bond acceptors (Lipinski definition) is 2. The first kappa shape index (κ1) is 12.6. The minimum Gasteiger partial charge on any atom is -0.479 e.